The molecule has 0 bridgehead atoms. The van der Waals surface area contributed by atoms with Crippen molar-refractivity contribution < 1.29 is 9.72 Å². The van der Waals surface area contributed by atoms with E-state index in [1.54, 1.807) is 0 Å². The van der Waals surface area contributed by atoms with Gasteiger partial charge >= 0.3 is 0 Å². The fourth-order valence-electron chi connectivity index (χ4n) is 1.83. The van der Waals surface area contributed by atoms with Crippen LogP contribution in [0, 0.1) is 10.1 Å². The molecular weight excluding hydrogens is 282 g/mol. The molecule has 1 amide bonds. The lowest BCUT2D eigenvalue weighted by Gasteiger charge is -2.00. The average Bonchev–Trinajstić information content (AvgIpc) is 2.55. The highest BCUT2D eigenvalue weighted by Crippen LogP contribution is 2.12. The molecule has 0 unspecified atom stereocenters. The fourth-order valence-corrected chi connectivity index (χ4v) is 1.83. The van der Waals surface area contributed by atoms with Crippen LogP contribution in [0.25, 0.3) is 0 Å². The number of carbonyl (C=O) groups excluding carboxylic acids is 1. The van der Waals surface area contributed by atoms with Gasteiger partial charge < -0.3 is 0 Å². The second-order valence-corrected chi connectivity index (χ2v) is 4.60. The van der Waals surface area contributed by atoms with Crippen molar-refractivity contribution in [3.8, 4) is 0 Å². The Balaban J connectivity index is 2.01. The quantitative estimate of drug-likeness (QED) is 0.523. The molecule has 0 radical (unpaired) electrons. The number of nitro groups is 1. The molecule has 2 aromatic rings. The molecule has 0 atom stereocenters. The van der Waals surface area contributed by atoms with Crippen LogP contribution in [0.4, 0.5) is 5.69 Å². The Labute approximate surface area is 127 Å². The molecule has 112 valence electrons. The molecule has 1 N–H and O–H groups in total. The molecule has 0 aliphatic heterocycles. The van der Waals surface area contributed by atoms with Gasteiger partial charge in [-0.3, -0.25) is 14.9 Å². The van der Waals surface area contributed by atoms with Crippen LogP contribution in [0.1, 0.15) is 28.4 Å². The molecule has 0 saturated carbocycles. The number of hydrogen-bond donors (Lipinski definition) is 1. The number of nitro benzene ring substituents is 1. The zero-order chi connectivity index (χ0) is 15.9. The Morgan fingerprint density at radius 2 is 2.00 bits per heavy atom. The number of carbonyl (C=O) groups is 1. The van der Waals surface area contributed by atoms with E-state index < -0.39 is 10.8 Å². The molecule has 2 rings (SSSR count). The van der Waals surface area contributed by atoms with Crippen molar-refractivity contribution in [1.29, 1.82) is 0 Å². The third kappa shape index (κ3) is 3.99. The van der Waals surface area contributed by atoms with Gasteiger partial charge in [0.25, 0.3) is 11.6 Å². The van der Waals surface area contributed by atoms with Crippen molar-refractivity contribution in [3.05, 3.63) is 75.3 Å². The minimum absolute atomic E-state index is 0.133. The smallest absolute Gasteiger partial charge is 0.267 e. The van der Waals surface area contributed by atoms with Crippen LogP contribution in [-0.4, -0.2) is 17.0 Å². The summed E-state index contributed by atoms with van der Waals surface area (Å²) < 4.78 is 0. The first-order chi connectivity index (χ1) is 10.6. The number of hydrazone groups is 1. The third-order valence-electron chi connectivity index (χ3n) is 3.09. The highest BCUT2D eigenvalue weighted by Gasteiger charge is 2.10. The van der Waals surface area contributed by atoms with E-state index in [1.165, 1.54) is 36.0 Å². The topological polar surface area (TPSA) is 84.6 Å². The number of nitrogens with zero attached hydrogens (tertiary/aromatic N) is 2. The number of benzene rings is 2. The SMILES string of the molecule is CCc1ccc(/C=N/NC(=O)c2cccc([N+](=O)[O-])c2)cc1. The van der Waals surface area contributed by atoms with Gasteiger partial charge in [0.2, 0.25) is 0 Å². The lowest BCUT2D eigenvalue weighted by Crippen LogP contribution is -2.17. The van der Waals surface area contributed by atoms with Crippen LogP contribution < -0.4 is 5.43 Å². The van der Waals surface area contributed by atoms with E-state index >= 15 is 0 Å². The molecule has 0 heterocycles. The van der Waals surface area contributed by atoms with Crippen LogP contribution >= 0.6 is 0 Å². The average molecular weight is 297 g/mol. The molecule has 0 aliphatic carbocycles. The Morgan fingerprint density at radius 1 is 1.27 bits per heavy atom. The number of amides is 1. The second kappa shape index (κ2) is 7.12. The predicted molar refractivity (Wildman–Crippen MR) is 84.0 cm³/mol. The first kappa shape index (κ1) is 15.4. The Kier molecular flexibility index (Phi) is 4.98. The van der Waals surface area contributed by atoms with Gasteiger partial charge in [0, 0.05) is 17.7 Å². The van der Waals surface area contributed by atoms with Gasteiger partial charge in [0.05, 0.1) is 11.1 Å². The molecule has 0 saturated heterocycles. The van der Waals surface area contributed by atoms with Gasteiger partial charge in [-0.2, -0.15) is 5.10 Å². The maximum Gasteiger partial charge on any atom is 0.271 e. The molecular formula is C16H15N3O3. The highest BCUT2D eigenvalue weighted by molar-refractivity contribution is 5.95. The maximum atomic E-state index is 11.9. The van der Waals surface area contributed by atoms with Crippen LogP contribution in [0.15, 0.2) is 53.6 Å². The van der Waals surface area contributed by atoms with Crippen LogP contribution in [0.5, 0.6) is 0 Å². The normalized spacial score (nSPS) is 10.6. The lowest BCUT2D eigenvalue weighted by atomic mass is 10.1. The van der Waals surface area contributed by atoms with E-state index in [1.807, 2.05) is 24.3 Å². The second-order valence-electron chi connectivity index (χ2n) is 4.60. The summed E-state index contributed by atoms with van der Waals surface area (Å²) in [7, 11) is 0. The van der Waals surface area contributed by atoms with Gasteiger partial charge in [-0.05, 0) is 23.6 Å². The molecule has 0 fully saturated rings. The molecule has 0 aromatic heterocycles. The summed E-state index contributed by atoms with van der Waals surface area (Å²) in [5.74, 6) is -0.495. The zero-order valence-electron chi connectivity index (χ0n) is 12.0. The molecule has 22 heavy (non-hydrogen) atoms. The van der Waals surface area contributed by atoms with Gasteiger partial charge in [-0.25, -0.2) is 5.43 Å². The van der Waals surface area contributed by atoms with Gasteiger partial charge in [0.15, 0.2) is 0 Å². The minimum Gasteiger partial charge on any atom is -0.267 e. The number of aryl methyl sites for hydroxylation is 1. The third-order valence-corrected chi connectivity index (χ3v) is 3.09. The molecule has 2 aromatic carbocycles. The van der Waals surface area contributed by atoms with E-state index in [2.05, 4.69) is 17.5 Å². The summed E-state index contributed by atoms with van der Waals surface area (Å²) in [6, 6.07) is 13.3. The first-order valence-corrected chi connectivity index (χ1v) is 6.77. The molecule has 0 spiro atoms. The van der Waals surface area contributed by atoms with E-state index in [0.29, 0.717) is 0 Å². The van der Waals surface area contributed by atoms with Gasteiger partial charge in [0.1, 0.15) is 0 Å². The van der Waals surface area contributed by atoms with E-state index in [4.69, 9.17) is 0 Å². The summed E-state index contributed by atoms with van der Waals surface area (Å²) in [4.78, 5) is 22.0. The summed E-state index contributed by atoms with van der Waals surface area (Å²) in [6.07, 6.45) is 2.48. The Hall–Kier alpha value is -3.02. The van der Waals surface area contributed by atoms with Gasteiger partial charge in [-0.15, -0.1) is 0 Å². The van der Waals surface area contributed by atoms with Crippen molar-refractivity contribution >= 4 is 17.8 Å². The first-order valence-electron chi connectivity index (χ1n) is 6.77. The summed E-state index contributed by atoms with van der Waals surface area (Å²) in [5, 5.41) is 14.5. The Bertz CT molecular complexity index is 709. The van der Waals surface area contributed by atoms with E-state index in [0.717, 1.165) is 12.0 Å². The number of rotatable bonds is 5. The van der Waals surface area contributed by atoms with Crippen molar-refractivity contribution in [3.63, 3.8) is 0 Å². The zero-order valence-corrected chi connectivity index (χ0v) is 12.0. The van der Waals surface area contributed by atoms with Crippen molar-refractivity contribution in [2.24, 2.45) is 5.10 Å². The maximum absolute atomic E-state index is 11.9. The minimum atomic E-state index is -0.546. The Morgan fingerprint density at radius 3 is 2.64 bits per heavy atom. The van der Waals surface area contributed by atoms with Crippen molar-refractivity contribution in [2.45, 2.75) is 13.3 Å². The van der Waals surface area contributed by atoms with Crippen molar-refractivity contribution in [1.82, 2.24) is 5.43 Å². The number of hydrogen-bond acceptors (Lipinski definition) is 4. The number of non-ortho nitro benzene ring substituents is 1. The monoisotopic (exact) mass is 297 g/mol. The molecule has 0 aliphatic rings. The van der Waals surface area contributed by atoms with E-state index in [9.17, 15) is 14.9 Å². The summed E-state index contributed by atoms with van der Waals surface area (Å²) >= 11 is 0. The lowest BCUT2D eigenvalue weighted by molar-refractivity contribution is -0.384. The van der Waals surface area contributed by atoms with Crippen LogP contribution in [0.3, 0.4) is 0 Å². The standard InChI is InChI=1S/C16H15N3O3/c1-2-12-6-8-13(9-7-12)11-17-18-16(20)14-4-3-5-15(10-14)19(21)22/h3-11H,2H2,1H3,(H,18,20)/b17-11+. The number of nitrogens with one attached hydrogen (secondary N) is 1. The van der Waals surface area contributed by atoms with E-state index in [-0.39, 0.29) is 11.3 Å². The summed E-state index contributed by atoms with van der Waals surface area (Å²) in [6.45, 7) is 2.07. The van der Waals surface area contributed by atoms with Crippen LogP contribution in [0.2, 0.25) is 0 Å². The van der Waals surface area contributed by atoms with Gasteiger partial charge in [-0.1, -0.05) is 37.3 Å². The van der Waals surface area contributed by atoms with Crippen molar-refractivity contribution in [2.75, 3.05) is 0 Å². The fraction of sp³-hybridized carbons (Fsp3) is 0.125. The highest BCUT2D eigenvalue weighted by atomic mass is 16.6. The largest absolute Gasteiger partial charge is 0.271 e. The molecule has 6 nitrogen and oxygen atoms in total. The summed E-state index contributed by atoms with van der Waals surface area (Å²) in [5.41, 5.74) is 4.48. The predicted octanol–water partition coefficient (Wildman–Crippen LogP) is 2.92. The molecule has 6 heteroatoms. The van der Waals surface area contributed by atoms with Crippen LogP contribution in [-0.2, 0) is 6.42 Å².